The van der Waals surface area contributed by atoms with Gasteiger partial charge in [0.2, 0.25) is 5.91 Å². The fraction of sp³-hybridized carbons (Fsp3) is 0.895. The van der Waals surface area contributed by atoms with Crippen molar-refractivity contribution in [3.63, 3.8) is 0 Å². The number of hydrogen-bond donors (Lipinski definition) is 1. The van der Waals surface area contributed by atoms with Crippen LogP contribution in [0.15, 0.2) is 0 Å². The van der Waals surface area contributed by atoms with E-state index in [1.54, 1.807) is 12.0 Å². The first kappa shape index (κ1) is 20.2. The van der Waals surface area contributed by atoms with Gasteiger partial charge in [-0.25, -0.2) is 0 Å². The van der Waals surface area contributed by atoms with Crippen LogP contribution in [-0.2, 0) is 14.3 Å². The highest BCUT2D eigenvalue weighted by molar-refractivity contribution is 5.79. The molecule has 6 nitrogen and oxygen atoms in total. The van der Waals surface area contributed by atoms with Crippen LogP contribution in [0.2, 0.25) is 0 Å². The van der Waals surface area contributed by atoms with Gasteiger partial charge in [0.25, 0.3) is 0 Å². The molecule has 2 aliphatic heterocycles. The Hall–Kier alpha value is -1.14. The average molecular weight is 354 g/mol. The molecule has 0 spiro atoms. The minimum Gasteiger partial charge on any atom is -0.481 e. The van der Waals surface area contributed by atoms with E-state index in [-0.39, 0.29) is 5.91 Å². The first-order valence-corrected chi connectivity index (χ1v) is 9.80. The summed E-state index contributed by atoms with van der Waals surface area (Å²) in [6, 6.07) is 0. The molecule has 0 radical (unpaired) electrons. The van der Waals surface area contributed by atoms with E-state index in [2.05, 4.69) is 4.90 Å². The number of nitrogens with zero attached hydrogens (tertiary/aromatic N) is 2. The smallest absolute Gasteiger partial charge is 0.311 e. The van der Waals surface area contributed by atoms with Gasteiger partial charge < -0.3 is 19.6 Å². The maximum absolute atomic E-state index is 12.6. The molecule has 0 aromatic heterocycles. The molecule has 0 aromatic rings. The van der Waals surface area contributed by atoms with Crippen LogP contribution in [0.1, 0.15) is 57.8 Å². The Balaban J connectivity index is 1.86. The summed E-state index contributed by atoms with van der Waals surface area (Å²) >= 11 is 0. The number of ether oxygens (including phenoxy) is 1. The molecule has 2 saturated heterocycles. The van der Waals surface area contributed by atoms with Crippen molar-refractivity contribution >= 4 is 11.9 Å². The molecular weight excluding hydrogens is 320 g/mol. The van der Waals surface area contributed by atoms with Crippen molar-refractivity contribution < 1.29 is 19.4 Å². The molecule has 2 rings (SSSR count). The monoisotopic (exact) mass is 354 g/mol. The van der Waals surface area contributed by atoms with E-state index >= 15 is 0 Å². The average Bonchev–Trinajstić information content (AvgIpc) is 2.89. The number of carboxylic acid groups (broad SMARTS) is 1. The minimum atomic E-state index is -0.797. The molecule has 1 unspecified atom stereocenters. The van der Waals surface area contributed by atoms with Crippen molar-refractivity contribution in [1.82, 2.24) is 9.80 Å². The SMILES string of the molecule is COCCCC1(C(=O)O)CCCN(C(=O)CCN2CCCCCC2)C1. The second kappa shape index (κ2) is 10.1. The number of rotatable bonds is 8. The zero-order valence-electron chi connectivity index (χ0n) is 15.7. The van der Waals surface area contributed by atoms with Gasteiger partial charge in [-0.3, -0.25) is 9.59 Å². The molecule has 0 bridgehead atoms. The Morgan fingerprint density at radius 1 is 1.08 bits per heavy atom. The third kappa shape index (κ3) is 5.96. The molecule has 0 aliphatic carbocycles. The molecule has 144 valence electrons. The Labute approximate surface area is 151 Å². The van der Waals surface area contributed by atoms with Crippen molar-refractivity contribution in [1.29, 1.82) is 0 Å². The van der Waals surface area contributed by atoms with Crippen LogP contribution < -0.4 is 0 Å². The van der Waals surface area contributed by atoms with Gasteiger partial charge in [-0.2, -0.15) is 0 Å². The summed E-state index contributed by atoms with van der Waals surface area (Å²) in [4.78, 5) is 28.7. The lowest BCUT2D eigenvalue weighted by molar-refractivity contribution is -0.155. The predicted octanol–water partition coefficient (Wildman–Crippen LogP) is 2.37. The molecule has 1 N–H and O–H groups in total. The van der Waals surface area contributed by atoms with E-state index in [1.807, 2.05) is 0 Å². The fourth-order valence-corrected chi connectivity index (χ4v) is 4.16. The molecule has 25 heavy (non-hydrogen) atoms. The highest BCUT2D eigenvalue weighted by Gasteiger charge is 2.42. The number of amides is 1. The molecule has 2 aliphatic rings. The predicted molar refractivity (Wildman–Crippen MR) is 96.5 cm³/mol. The van der Waals surface area contributed by atoms with E-state index in [4.69, 9.17) is 4.74 Å². The molecule has 6 heteroatoms. The normalized spacial score (nSPS) is 25.6. The van der Waals surface area contributed by atoms with Gasteiger partial charge >= 0.3 is 5.97 Å². The number of methoxy groups -OCH3 is 1. The highest BCUT2D eigenvalue weighted by Crippen LogP contribution is 2.35. The lowest BCUT2D eigenvalue weighted by Gasteiger charge is -2.40. The lowest BCUT2D eigenvalue weighted by Crippen LogP contribution is -2.50. The van der Waals surface area contributed by atoms with Gasteiger partial charge in [-0.05, 0) is 51.6 Å². The number of carbonyl (C=O) groups excluding carboxylic acids is 1. The van der Waals surface area contributed by atoms with Crippen LogP contribution in [0.25, 0.3) is 0 Å². The van der Waals surface area contributed by atoms with Gasteiger partial charge in [0.05, 0.1) is 5.41 Å². The van der Waals surface area contributed by atoms with Crippen LogP contribution in [0.3, 0.4) is 0 Å². The molecule has 0 aromatic carbocycles. The minimum absolute atomic E-state index is 0.112. The van der Waals surface area contributed by atoms with Crippen LogP contribution >= 0.6 is 0 Å². The Morgan fingerprint density at radius 2 is 1.80 bits per heavy atom. The highest BCUT2D eigenvalue weighted by atomic mass is 16.5. The number of carboxylic acids is 1. The van der Waals surface area contributed by atoms with Crippen molar-refractivity contribution in [2.75, 3.05) is 46.4 Å². The Morgan fingerprint density at radius 3 is 2.44 bits per heavy atom. The molecule has 0 saturated carbocycles. The van der Waals surface area contributed by atoms with E-state index in [1.165, 1.54) is 25.7 Å². The Bertz CT molecular complexity index is 435. The van der Waals surface area contributed by atoms with Gasteiger partial charge in [0.1, 0.15) is 0 Å². The van der Waals surface area contributed by atoms with E-state index in [0.29, 0.717) is 39.0 Å². The summed E-state index contributed by atoms with van der Waals surface area (Å²) < 4.78 is 5.07. The molecule has 2 fully saturated rings. The molecular formula is C19H34N2O4. The lowest BCUT2D eigenvalue weighted by atomic mass is 9.76. The number of aliphatic carboxylic acids is 1. The number of piperidine rings is 1. The van der Waals surface area contributed by atoms with Crippen LogP contribution in [-0.4, -0.2) is 73.2 Å². The van der Waals surface area contributed by atoms with Crippen molar-refractivity contribution in [2.24, 2.45) is 5.41 Å². The van der Waals surface area contributed by atoms with Crippen LogP contribution in [0.5, 0.6) is 0 Å². The van der Waals surface area contributed by atoms with Gasteiger partial charge in [0.15, 0.2) is 0 Å². The maximum atomic E-state index is 12.6. The zero-order valence-corrected chi connectivity index (χ0v) is 15.7. The van der Waals surface area contributed by atoms with Crippen molar-refractivity contribution in [2.45, 2.75) is 57.8 Å². The summed E-state index contributed by atoms with van der Waals surface area (Å²) in [5, 5.41) is 9.77. The standard InChI is InChI=1S/C19H34N2O4/c1-25-15-7-10-19(18(23)24)9-6-13-21(16-19)17(22)8-14-20-11-4-2-3-5-12-20/h2-16H2,1H3,(H,23,24). The van der Waals surface area contributed by atoms with E-state index < -0.39 is 11.4 Å². The largest absolute Gasteiger partial charge is 0.481 e. The van der Waals surface area contributed by atoms with E-state index in [0.717, 1.165) is 32.5 Å². The quantitative estimate of drug-likeness (QED) is 0.678. The van der Waals surface area contributed by atoms with Crippen LogP contribution in [0.4, 0.5) is 0 Å². The van der Waals surface area contributed by atoms with Crippen molar-refractivity contribution in [3.05, 3.63) is 0 Å². The number of carbonyl (C=O) groups is 2. The topological polar surface area (TPSA) is 70.1 Å². The molecule has 2 heterocycles. The zero-order chi connectivity index (χ0) is 18.1. The second-order valence-electron chi connectivity index (χ2n) is 7.61. The Kier molecular flexibility index (Phi) is 8.16. The maximum Gasteiger partial charge on any atom is 0.311 e. The van der Waals surface area contributed by atoms with E-state index in [9.17, 15) is 14.7 Å². The first-order chi connectivity index (χ1) is 12.1. The molecule has 1 amide bonds. The number of likely N-dealkylation sites (tertiary alicyclic amines) is 2. The van der Waals surface area contributed by atoms with Gasteiger partial charge in [0, 0.05) is 39.8 Å². The summed E-state index contributed by atoms with van der Waals surface area (Å²) in [6.45, 7) is 4.59. The molecule has 1 atom stereocenters. The van der Waals surface area contributed by atoms with Gasteiger partial charge in [-0.15, -0.1) is 0 Å². The fourth-order valence-electron chi connectivity index (χ4n) is 4.16. The first-order valence-electron chi connectivity index (χ1n) is 9.80. The second-order valence-corrected chi connectivity index (χ2v) is 7.61. The van der Waals surface area contributed by atoms with Gasteiger partial charge in [-0.1, -0.05) is 12.8 Å². The summed E-state index contributed by atoms with van der Waals surface area (Å²) in [6.07, 6.45) is 8.26. The third-order valence-corrected chi connectivity index (χ3v) is 5.73. The van der Waals surface area contributed by atoms with Crippen LogP contribution in [0, 0.1) is 5.41 Å². The summed E-state index contributed by atoms with van der Waals surface area (Å²) in [5.41, 5.74) is -0.797. The third-order valence-electron chi connectivity index (χ3n) is 5.73. The summed E-state index contributed by atoms with van der Waals surface area (Å²) in [7, 11) is 1.63. The van der Waals surface area contributed by atoms with Crippen molar-refractivity contribution in [3.8, 4) is 0 Å². The summed E-state index contributed by atoms with van der Waals surface area (Å²) in [5.74, 6) is -0.657. The number of hydrogen-bond acceptors (Lipinski definition) is 4.